The van der Waals surface area contributed by atoms with Crippen molar-refractivity contribution in [2.45, 2.75) is 97.8 Å². The Morgan fingerprint density at radius 1 is 0.469 bits per heavy atom. The van der Waals surface area contributed by atoms with Gasteiger partial charge >= 0.3 is 0 Å². The minimum absolute atomic E-state index is 0. The second-order valence-corrected chi connectivity index (χ2v) is 24.7. The van der Waals surface area contributed by atoms with Crippen LogP contribution in [0.1, 0.15) is 111 Å². The molecule has 3 heterocycles. The number of fused-ring (bicyclic) bond motifs is 4. The molecule has 1 aliphatic heterocycles. The van der Waals surface area contributed by atoms with Crippen LogP contribution in [0.3, 0.4) is 0 Å². The Morgan fingerprint density at radius 2 is 1.09 bits per heavy atom. The van der Waals surface area contributed by atoms with Crippen LogP contribution < -0.4 is 14.5 Å². The van der Waals surface area contributed by atoms with E-state index < -0.39 is 18.1 Å². The molecule has 9 aromatic carbocycles. The normalized spacial score (nSPS) is 13.8. The summed E-state index contributed by atoms with van der Waals surface area (Å²) in [6.45, 7) is 26.7. The van der Waals surface area contributed by atoms with Crippen LogP contribution >= 0.6 is 0 Å². The summed E-state index contributed by atoms with van der Waals surface area (Å²) in [6.07, 6.45) is 1.91. The van der Waals surface area contributed by atoms with Gasteiger partial charge in [0.05, 0.1) is 6.85 Å². The molecule has 0 radical (unpaired) electrons. The van der Waals surface area contributed by atoms with Crippen molar-refractivity contribution in [2.24, 2.45) is 0 Å². The van der Waals surface area contributed by atoms with Crippen LogP contribution in [0.4, 0.5) is 22.7 Å². The molecule has 2 aromatic heterocycles. The predicted molar refractivity (Wildman–Crippen MR) is 335 cm³/mol. The minimum atomic E-state index is -0.441. The minimum Gasteiger partial charge on any atom is -0.509 e. The number of benzene rings is 9. The topological polar surface area (TPSA) is 33.5 Å². The largest absolute Gasteiger partial charge is 0.509 e. The van der Waals surface area contributed by atoms with Gasteiger partial charge in [0.2, 0.25) is 0 Å². The number of rotatable bonds is 10. The maximum absolute atomic E-state index is 9.21. The number of hydrogen-bond donors (Lipinski definition) is 0. The van der Waals surface area contributed by atoms with Gasteiger partial charge in [-0.05, 0) is 102 Å². The van der Waals surface area contributed by atoms with E-state index in [1.165, 1.54) is 22.3 Å². The standard InChI is InChI=1S/C75H69N4O.Pt/c1-72(2,3)55-28-20-25-52(41-55)63-32-22-31-62(50-23-14-12-15-24-50)71(63)78-49-77(67-33-18-19-34-68(67)78)59-29-21-30-60(47-59)80-61-36-37-64-65-44-51(53-42-57(73(4,5)6)45-58(43-53)74(7,8)9)35-38-66(65)79(69(64)48-61)70-46-56(39-40-76-70)75(10,11)54-26-16-13-17-27-54;/h12-46,49H,1-11H3;/q-3;/i12D,14D,15D,23D,24D;. The average Bonchev–Trinajstić information content (AvgIpc) is 1.55. The van der Waals surface area contributed by atoms with E-state index in [1.54, 1.807) is 0 Å². The van der Waals surface area contributed by atoms with Gasteiger partial charge in [-0.15, -0.1) is 48.1 Å². The molecule has 0 bridgehead atoms. The monoisotopic (exact) mass is 1240 g/mol. The molecule has 0 spiro atoms. The van der Waals surface area contributed by atoms with Crippen molar-refractivity contribution in [3.63, 3.8) is 0 Å². The number of hydrogen-bond acceptors (Lipinski definition) is 4. The summed E-state index contributed by atoms with van der Waals surface area (Å²) in [5.74, 6) is 1.74. The van der Waals surface area contributed by atoms with Crippen LogP contribution in [0.5, 0.6) is 11.5 Å². The zero-order valence-corrected chi connectivity index (χ0v) is 50.2. The Kier molecular flexibility index (Phi) is 12.8. The number of para-hydroxylation sites is 3. The van der Waals surface area contributed by atoms with E-state index in [1.807, 2.05) is 85.7 Å². The van der Waals surface area contributed by atoms with Gasteiger partial charge in [0, 0.05) is 77.9 Å². The fraction of sp³-hybridized carbons (Fsp3) is 0.200. The molecule has 0 atom stereocenters. The first kappa shape index (κ1) is 48.9. The second kappa shape index (κ2) is 21.2. The summed E-state index contributed by atoms with van der Waals surface area (Å²) in [7, 11) is 0. The molecule has 0 amide bonds. The van der Waals surface area contributed by atoms with Crippen LogP contribution in [0, 0.1) is 18.8 Å². The molecular formula is C75H69N4OPt-3. The second-order valence-electron chi connectivity index (χ2n) is 24.7. The van der Waals surface area contributed by atoms with Gasteiger partial charge in [-0.2, -0.15) is 12.1 Å². The van der Waals surface area contributed by atoms with Crippen LogP contribution in [-0.4, -0.2) is 9.55 Å². The molecule has 408 valence electrons. The fourth-order valence-electron chi connectivity index (χ4n) is 11.0. The van der Waals surface area contributed by atoms with Crippen molar-refractivity contribution in [2.75, 3.05) is 9.80 Å². The smallest absolute Gasteiger partial charge is 0.135 e. The number of ether oxygens (including phenoxy) is 1. The fourth-order valence-corrected chi connectivity index (χ4v) is 11.0. The number of pyridine rings is 1. The zero-order valence-electron chi connectivity index (χ0n) is 52.9. The number of aromatic nitrogens is 2. The molecule has 0 fully saturated rings. The Morgan fingerprint density at radius 3 is 1.79 bits per heavy atom. The van der Waals surface area contributed by atoms with Gasteiger partial charge in [-0.25, -0.2) is 4.98 Å². The molecule has 12 rings (SSSR count). The third kappa shape index (κ3) is 10.5. The van der Waals surface area contributed by atoms with Gasteiger partial charge in [0.1, 0.15) is 5.82 Å². The number of anilines is 4. The van der Waals surface area contributed by atoms with Crippen LogP contribution in [0.25, 0.3) is 61.0 Å². The Labute approximate surface area is 501 Å². The molecule has 0 aliphatic carbocycles. The zero-order chi connectivity index (χ0) is 60.1. The maximum Gasteiger partial charge on any atom is 0.135 e. The van der Waals surface area contributed by atoms with Crippen LogP contribution in [0.2, 0.25) is 0 Å². The van der Waals surface area contributed by atoms with Crippen molar-refractivity contribution in [1.82, 2.24) is 9.55 Å². The van der Waals surface area contributed by atoms with Crippen LogP contribution in [0.15, 0.2) is 212 Å². The Hall–Kier alpha value is -7.98. The van der Waals surface area contributed by atoms with Crippen molar-refractivity contribution < 1.29 is 32.7 Å². The predicted octanol–water partition coefficient (Wildman–Crippen LogP) is 20.2. The van der Waals surface area contributed by atoms with E-state index in [2.05, 4.69) is 206 Å². The summed E-state index contributed by atoms with van der Waals surface area (Å²) < 4.78 is 53.4. The maximum atomic E-state index is 9.21. The van der Waals surface area contributed by atoms with E-state index in [9.17, 15) is 2.74 Å². The van der Waals surface area contributed by atoms with Gasteiger partial charge in [-0.3, -0.25) is 0 Å². The molecule has 0 unspecified atom stereocenters. The van der Waals surface area contributed by atoms with Gasteiger partial charge in [0.15, 0.2) is 0 Å². The summed E-state index contributed by atoms with van der Waals surface area (Å²) in [4.78, 5) is 9.19. The van der Waals surface area contributed by atoms with Crippen LogP contribution in [-0.2, 0) is 42.7 Å². The van der Waals surface area contributed by atoms with E-state index in [0.29, 0.717) is 28.4 Å². The molecule has 11 aromatic rings. The molecule has 6 heteroatoms. The Bertz CT molecular complexity index is 4370. The Balaban J connectivity index is 0.00000768. The SMILES string of the molecule is [2H]c1c([2H])c([2H])c(-c2cccc(-c3cccc(C(C)(C)C)c3)c2N2[CH-]N(c3[c-]c(Oc4[c-]c5c(cc4)c4cc(-c6cc(C(C)(C)C)cc(C(C)(C)C)c6)ccc4n5-c4cc(C(C)(C)c5ccccc5)ccn4)ccc3)c3ccccc32)c([2H])c1[2H].[Pt]. The van der Waals surface area contributed by atoms with Gasteiger partial charge < -0.3 is 19.1 Å². The third-order valence-corrected chi connectivity index (χ3v) is 15.8. The first-order valence-electron chi connectivity index (χ1n) is 30.1. The third-order valence-electron chi connectivity index (χ3n) is 15.8. The van der Waals surface area contributed by atoms with Gasteiger partial charge in [0.25, 0.3) is 0 Å². The molecule has 1 aliphatic rings. The van der Waals surface area contributed by atoms with E-state index in [4.69, 9.17) is 13.8 Å². The van der Waals surface area contributed by atoms with Crippen molar-refractivity contribution in [1.29, 1.82) is 0 Å². The van der Waals surface area contributed by atoms with E-state index >= 15 is 0 Å². The van der Waals surface area contributed by atoms with Crippen molar-refractivity contribution in [3.8, 4) is 50.7 Å². The molecular weight excluding hydrogens is 1170 g/mol. The first-order chi connectivity index (χ1) is 40.4. The molecule has 0 saturated carbocycles. The van der Waals surface area contributed by atoms with Crippen molar-refractivity contribution in [3.05, 3.63) is 259 Å². The van der Waals surface area contributed by atoms with Crippen molar-refractivity contribution >= 4 is 44.6 Å². The average molecular weight is 1240 g/mol. The molecule has 0 N–H and O–H groups in total. The summed E-state index contributed by atoms with van der Waals surface area (Å²) in [6, 6.07) is 66.4. The molecule has 81 heavy (non-hydrogen) atoms. The van der Waals surface area contributed by atoms with E-state index in [0.717, 1.165) is 66.8 Å². The first-order valence-corrected chi connectivity index (χ1v) is 27.6. The summed E-state index contributed by atoms with van der Waals surface area (Å²) in [5, 5.41) is 2.08. The molecule has 0 saturated heterocycles. The van der Waals surface area contributed by atoms with Gasteiger partial charge in [-0.1, -0.05) is 227 Å². The van der Waals surface area contributed by atoms with E-state index in [-0.39, 0.29) is 60.4 Å². The summed E-state index contributed by atoms with van der Waals surface area (Å²) in [5.41, 5.74) is 15.0. The molecule has 5 nitrogen and oxygen atoms in total. The number of nitrogens with zero attached hydrogens (tertiary/aromatic N) is 4. The summed E-state index contributed by atoms with van der Waals surface area (Å²) >= 11 is 0. The quantitative estimate of drug-likeness (QED) is 0.128.